The Morgan fingerprint density at radius 3 is 2.00 bits per heavy atom. The Bertz CT molecular complexity index is 1290. The number of amides is 1. The van der Waals surface area contributed by atoms with Crippen LogP contribution in [0.4, 0.5) is 5.69 Å². The van der Waals surface area contributed by atoms with Crippen LogP contribution < -0.4 is 31.6 Å². The number of carbonyl (C=O) groups excluding carboxylic acids is 1. The molecule has 35 heavy (non-hydrogen) atoms. The molecule has 0 saturated carbocycles. The molecule has 0 spiro atoms. The Labute approximate surface area is 208 Å². The van der Waals surface area contributed by atoms with Gasteiger partial charge in [-0.1, -0.05) is 18.2 Å². The number of carbonyl (C=O) groups is 1. The van der Waals surface area contributed by atoms with Gasteiger partial charge in [-0.15, -0.1) is 4.40 Å². The summed E-state index contributed by atoms with van der Waals surface area (Å²) >= 11 is 5.16. The number of hydrogen-bond acceptors (Lipinski definition) is 6. The zero-order chi connectivity index (χ0) is 25.3. The lowest BCUT2D eigenvalue weighted by molar-refractivity contribution is 0.0977. The van der Waals surface area contributed by atoms with Crippen molar-refractivity contribution in [2.45, 2.75) is 4.90 Å². The molecule has 0 aliphatic rings. The van der Waals surface area contributed by atoms with Crippen LogP contribution in [-0.4, -0.2) is 38.6 Å². The molecule has 0 fully saturated rings. The van der Waals surface area contributed by atoms with Crippen molar-refractivity contribution in [3.8, 4) is 11.5 Å². The maximum atomic E-state index is 12.4. The Morgan fingerprint density at radius 2 is 1.43 bits per heavy atom. The first-order chi connectivity index (χ1) is 16.7. The third kappa shape index (κ3) is 7.98. The standard InChI is InChI=1S/C23H23N5O5S2/c24-22(25)28-35(30,31)20-12-8-17(9-13-20)26-23(34)27-21(29)16-6-10-19(11-7-16)33-15-14-32-18-4-2-1-3-5-18/h1-13H,14-15H2,(H4,24,25,28)(H2,26,27,29,34). The monoisotopic (exact) mass is 513 g/mol. The van der Waals surface area contributed by atoms with Gasteiger partial charge in [0.25, 0.3) is 15.9 Å². The van der Waals surface area contributed by atoms with Crippen LogP contribution in [-0.2, 0) is 10.0 Å². The number of anilines is 1. The molecule has 3 rings (SSSR count). The molecule has 0 unspecified atom stereocenters. The summed E-state index contributed by atoms with van der Waals surface area (Å²) < 4.78 is 38.3. The van der Waals surface area contributed by atoms with Crippen LogP contribution in [0.1, 0.15) is 10.4 Å². The van der Waals surface area contributed by atoms with E-state index in [9.17, 15) is 13.2 Å². The summed E-state index contributed by atoms with van der Waals surface area (Å²) in [6, 6.07) is 21.5. The third-order valence-electron chi connectivity index (χ3n) is 4.34. The molecule has 0 saturated heterocycles. The second-order valence-electron chi connectivity index (χ2n) is 6.96. The summed E-state index contributed by atoms with van der Waals surface area (Å²) in [5.41, 5.74) is 11.1. The van der Waals surface area contributed by atoms with Crippen molar-refractivity contribution in [1.82, 2.24) is 5.32 Å². The average molecular weight is 514 g/mol. The maximum absolute atomic E-state index is 12.4. The zero-order valence-electron chi connectivity index (χ0n) is 18.4. The summed E-state index contributed by atoms with van der Waals surface area (Å²) in [7, 11) is -3.99. The van der Waals surface area contributed by atoms with Crippen LogP contribution in [0.25, 0.3) is 0 Å². The van der Waals surface area contributed by atoms with Gasteiger partial charge < -0.3 is 26.3 Å². The molecule has 0 aromatic heterocycles. The number of nitrogens with two attached hydrogens (primary N) is 2. The zero-order valence-corrected chi connectivity index (χ0v) is 20.0. The normalized spacial score (nSPS) is 10.6. The van der Waals surface area contributed by atoms with E-state index in [1.165, 1.54) is 24.3 Å². The summed E-state index contributed by atoms with van der Waals surface area (Å²) in [4.78, 5) is 12.3. The highest BCUT2D eigenvalue weighted by Crippen LogP contribution is 2.16. The summed E-state index contributed by atoms with van der Waals surface area (Å²) in [5.74, 6) is 0.371. The lowest BCUT2D eigenvalue weighted by atomic mass is 10.2. The van der Waals surface area contributed by atoms with Crippen molar-refractivity contribution in [2.75, 3.05) is 18.5 Å². The Balaban J connectivity index is 1.47. The number of ether oxygens (including phenoxy) is 2. The highest BCUT2D eigenvalue weighted by Gasteiger charge is 2.13. The number of rotatable bonds is 9. The molecule has 10 nitrogen and oxygen atoms in total. The summed E-state index contributed by atoms with van der Waals surface area (Å²) in [6.45, 7) is 0.730. The number of para-hydroxylation sites is 1. The highest BCUT2D eigenvalue weighted by atomic mass is 32.2. The first-order valence-electron chi connectivity index (χ1n) is 10.2. The van der Waals surface area contributed by atoms with Crippen molar-refractivity contribution in [2.24, 2.45) is 15.9 Å². The lowest BCUT2D eigenvalue weighted by Crippen LogP contribution is -2.34. The SMILES string of the molecule is NC(N)=NS(=O)(=O)c1ccc(NC(=S)NC(=O)c2ccc(OCCOc3ccccc3)cc2)cc1. The fraction of sp³-hybridized carbons (Fsp3) is 0.0870. The number of hydrogen-bond donors (Lipinski definition) is 4. The second-order valence-corrected chi connectivity index (χ2v) is 8.97. The van der Waals surface area contributed by atoms with Gasteiger partial charge in [0, 0.05) is 11.3 Å². The second kappa shape index (κ2) is 11.8. The van der Waals surface area contributed by atoms with E-state index in [4.69, 9.17) is 33.2 Å². The van der Waals surface area contributed by atoms with Crippen molar-refractivity contribution < 1.29 is 22.7 Å². The molecule has 0 aliphatic heterocycles. The number of thiocarbonyl (C=S) groups is 1. The Kier molecular flexibility index (Phi) is 8.59. The molecular weight excluding hydrogens is 490 g/mol. The van der Waals surface area contributed by atoms with Gasteiger partial charge in [-0.25, -0.2) is 0 Å². The van der Waals surface area contributed by atoms with E-state index in [2.05, 4.69) is 15.0 Å². The minimum absolute atomic E-state index is 0.0354. The fourth-order valence-electron chi connectivity index (χ4n) is 2.78. The van der Waals surface area contributed by atoms with E-state index in [0.29, 0.717) is 30.2 Å². The van der Waals surface area contributed by atoms with Crippen molar-refractivity contribution in [3.05, 3.63) is 84.4 Å². The van der Waals surface area contributed by atoms with Gasteiger partial charge >= 0.3 is 0 Å². The molecule has 0 radical (unpaired) electrons. The molecule has 0 atom stereocenters. The molecule has 0 bridgehead atoms. The van der Waals surface area contributed by atoms with Gasteiger partial charge in [-0.3, -0.25) is 10.1 Å². The van der Waals surface area contributed by atoms with Crippen LogP contribution in [0, 0.1) is 0 Å². The topological polar surface area (TPSA) is 158 Å². The average Bonchev–Trinajstić information content (AvgIpc) is 2.82. The van der Waals surface area contributed by atoms with Crippen LogP contribution in [0.15, 0.2) is 88.2 Å². The maximum Gasteiger partial charge on any atom is 0.285 e. The van der Waals surface area contributed by atoms with Crippen molar-refractivity contribution >= 4 is 44.9 Å². The number of benzene rings is 3. The first-order valence-corrected chi connectivity index (χ1v) is 12.1. The lowest BCUT2D eigenvalue weighted by Gasteiger charge is -2.11. The van der Waals surface area contributed by atoms with E-state index >= 15 is 0 Å². The van der Waals surface area contributed by atoms with Gasteiger partial charge in [-0.05, 0) is 72.9 Å². The van der Waals surface area contributed by atoms with Crippen molar-refractivity contribution in [1.29, 1.82) is 0 Å². The minimum atomic E-state index is -3.99. The van der Waals surface area contributed by atoms with E-state index < -0.39 is 21.9 Å². The minimum Gasteiger partial charge on any atom is -0.490 e. The van der Waals surface area contributed by atoms with E-state index in [-0.39, 0.29) is 10.0 Å². The van der Waals surface area contributed by atoms with Crippen LogP contribution in [0.3, 0.4) is 0 Å². The van der Waals surface area contributed by atoms with Gasteiger partial charge in [0.05, 0.1) is 4.90 Å². The molecule has 1 amide bonds. The Morgan fingerprint density at radius 1 is 0.857 bits per heavy atom. The van der Waals surface area contributed by atoms with Gasteiger partial charge in [0.15, 0.2) is 5.11 Å². The predicted molar refractivity (Wildman–Crippen MR) is 137 cm³/mol. The van der Waals surface area contributed by atoms with E-state index in [0.717, 1.165) is 5.75 Å². The molecule has 3 aromatic carbocycles. The molecular formula is C23H23N5O5S2. The number of nitrogens with one attached hydrogen (secondary N) is 2. The van der Waals surface area contributed by atoms with Gasteiger partial charge in [0.2, 0.25) is 5.96 Å². The molecule has 6 N–H and O–H groups in total. The first kappa shape index (κ1) is 25.5. The molecule has 0 heterocycles. The quantitative estimate of drug-likeness (QED) is 0.146. The van der Waals surface area contributed by atoms with E-state index in [1.54, 1.807) is 24.3 Å². The summed E-state index contributed by atoms with van der Waals surface area (Å²) in [6.07, 6.45) is 0. The van der Waals surface area contributed by atoms with Crippen LogP contribution >= 0.6 is 12.2 Å². The summed E-state index contributed by atoms with van der Waals surface area (Å²) in [5, 5.41) is 5.39. The van der Waals surface area contributed by atoms with Gasteiger partial charge in [0.1, 0.15) is 24.7 Å². The highest BCUT2D eigenvalue weighted by molar-refractivity contribution is 7.90. The molecule has 0 aliphatic carbocycles. The van der Waals surface area contributed by atoms with E-state index in [1.807, 2.05) is 30.3 Å². The number of guanidine groups is 1. The largest absolute Gasteiger partial charge is 0.490 e. The third-order valence-corrected chi connectivity index (χ3v) is 5.87. The van der Waals surface area contributed by atoms with Crippen LogP contribution in [0.2, 0.25) is 0 Å². The number of nitrogens with zero attached hydrogens (tertiary/aromatic N) is 1. The molecule has 3 aromatic rings. The number of sulfonamides is 1. The fourth-order valence-corrected chi connectivity index (χ4v) is 3.85. The Hall–Kier alpha value is -4.16. The van der Waals surface area contributed by atoms with Crippen LogP contribution in [0.5, 0.6) is 11.5 Å². The molecule has 12 heteroatoms. The van der Waals surface area contributed by atoms with Gasteiger partial charge in [-0.2, -0.15) is 8.42 Å². The van der Waals surface area contributed by atoms with Crippen molar-refractivity contribution in [3.63, 3.8) is 0 Å². The smallest absolute Gasteiger partial charge is 0.285 e. The predicted octanol–water partition coefficient (Wildman–Crippen LogP) is 2.23. The molecule has 182 valence electrons.